The number of piperidine rings is 1. The predicted octanol–water partition coefficient (Wildman–Crippen LogP) is 0.944. The standard InChI is InChI=1S/C16H26N4O4S/c17-16(21)18-10-13-4-3-7-19(11-13)12-14-5-6-15(24-14)25(22,23)20-8-1-2-9-20/h5-6,13H,1-4,7-12H2,(H3,17,18,21)/t13-/m0/s1. The zero-order chi connectivity index (χ0) is 17.9. The van der Waals surface area contributed by atoms with E-state index in [9.17, 15) is 13.2 Å². The van der Waals surface area contributed by atoms with Crippen LogP contribution in [0, 0.1) is 5.92 Å². The number of amides is 2. The van der Waals surface area contributed by atoms with Crippen LogP contribution in [0.5, 0.6) is 0 Å². The van der Waals surface area contributed by atoms with Crippen LogP contribution in [0.4, 0.5) is 4.79 Å². The van der Waals surface area contributed by atoms with Crippen molar-refractivity contribution in [3.63, 3.8) is 0 Å². The van der Waals surface area contributed by atoms with Gasteiger partial charge in [0.05, 0.1) is 6.54 Å². The summed E-state index contributed by atoms with van der Waals surface area (Å²) in [6, 6.07) is 2.80. The summed E-state index contributed by atoms with van der Waals surface area (Å²) >= 11 is 0. The Labute approximate surface area is 148 Å². The second-order valence-corrected chi connectivity index (χ2v) is 8.69. The Morgan fingerprint density at radius 2 is 2.00 bits per heavy atom. The van der Waals surface area contributed by atoms with Crippen LogP contribution in [0.2, 0.25) is 0 Å². The van der Waals surface area contributed by atoms with Crippen molar-refractivity contribution in [3.05, 3.63) is 17.9 Å². The molecule has 0 aromatic carbocycles. The zero-order valence-corrected chi connectivity index (χ0v) is 15.1. The van der Waals surface area contributed by atoms with Crippen LogP contribution < -0.4 is 11.1 Å². The molecule has 2 fully saturated rings. The molecule has 0 aliphatic carbocycles. The summed E-state index contributed by atoms with van der Waals surface area (Å²) in [4.78, 5) is 13.1. The van der Waals surface area contributed by atoms with E-state index in [-0.39, 0.29) is 5.09 Å². The molecule has 0 radical (unpaired) electrons. The Morgan fingerprint density at radius 3 is 2.72 bits per heavy atom. The number of likely N-dealkylation sites (tertiary alicyclic amines) is 1. The van der Waals surface area contributed by atoms with E-state index in [1.165, 1.54) is 4.31 Å². The summed E-state index contributed by atoms with van der Waals surface area (Å²) in [5.74, 6) is 1.00. The Morgan fingerprint density at radius 1 is 1.24 bits per heavy atom. The van der Waals surface area contributed by atoms with Gasteiger partial charge in [0.1, 0.15) is 5.76 Å². The van der Waals surface area contributed by atoms with Crippen molar-refractivity contribution in [2.75, 3.05) is 32.7 Å². The van der Waals surface area contributed by atoms with Gasteiger partial charge >= 0.3 is 6.03 Å². The molecule has 0 spiro atoms. The number of nitrogens with one attached hydrogen (secondary N) is 1. The normalized spacial score (nSPS) is 23.0. The van der Waals surface area contributed by atoms with Gasteiger partial charge < -0.3 is 15.5 Å². The number of nitrogens with zero attached hydrogens (tertiary/aromatic N) is 2. The van der Waals surface area contributed by atoms with Crippen LogP contribution in [0.25, 0.3) is 0 Å². The average Bonchev–Trinajstić information content (AvgIpc) is 3.25. The molecule has 1 aromatic rings. The number of urea groups is 1. The van der Waals surface area contributed by atoms with Gasteiger partial charge in [-0.15, -0.1) is 0 Å². The maximum absolute atomic E-state index is 12.5. The first-order valence-corrected chi connectivity index (χ1v) is 10.2. The van der Waals surface area contributed by atoms with Crippen LogP contribution >= 0.6 is 0 Å². The molecular formula is C16H26N4O4S. The second kappa shape index (κ2) is 7.76. The molecular weight excluding hydrogens is 344 g/mol. The van der Waals surface area contributed by atoms with E-state index in [0.29, 0.717) is 37.9 Å². The minimum absolute atomic E-state index is 0.0355. The van der Waals surface area contributed by atoms with E-state index in [1.807, 2.05) is 0 Å². The zero-order valence-electron chi connectivity index (χ0n) is 14.3. The molecule has 3 heterocycles. The number of hydrogen-bond donors (Lipinski definition) is 2. The van der Waals surface area contributed by atoms with E-state index in [2.05, 4.69) is 10.2 Å². The van der Waals surface area contributed by atoms with Gasteiger partial charge in [0.25, 0.3) is 10.0 Å². The number of hydrogen-bond acceptors (Lipinski definition) is 5. The molecule has 9 heteroatoms. The third-order valence-electron chi connectivity index (χ3n) is 4.84. The Hall–Kier alpha value is -1.58. The molecule has 140 valence electrons. The Bertz CT molecular complexity index is 697. The van der Waals surface area contributed by atoms with Gasteiger partial charge in [-0.3, -0.25) is 4.90 Å². The molecule has 2 saturated heterocycles. The Balaban J connectivity index is 1.58. The Kier molecular flexibility index (Phi) is 5.65. The van der Waals surface area contributed by atoms with E-state index in [4.69, 9.17) is 10.2 Å². The molecule has 3 N–H and O–H groups in total. The molecule has 1 atom stereocenters. The average molecular weight is 370 g/mol. The maximum Gasteiger partial charge on any atom is 0.312 e. The molecule has 2 aliphatic rings. The third kappa shape index (κ3) is 4.53. The smallest absolute Gasteiger partial charge is 0.312 e. The van der Waals surface area contributed by atoms with Crippen molar-refractivity contribution in [1.82, 2.24) is 14.5 Å². The number of nitrogens with two attached hydrogens (primary N) is 1. The van der Waals surface area contributed by atoms with E-state index in [1.54, 1.807) is 12.1 Å². The lowest BCUT2D eigenvalue weighted by atomic mass is 9.98. The highest BCUT2D eigenvalue weighted by Gasteiger charge is 2.30. The first kappa shape index (κ1) is 18.2. The first-order valence-electron chi connectivity index (χ1n) is 8.79. The lowest BCUT2D eigenvalue weighted by molar-refractivity contribution is 0.153. The SMILES string of the molecule is NC(=O)NC[C@@H]1CCCN(Cc2ccc(S(=O)(=O)N3CCCC3)o2)C1. The number of carbonyl (C=O) groups excluding carboxylic acids is 1. The lowest BCUT2D eigenvalue weighted by Gasteiger charge is -2.32. The summed E-state index contributed by atoms with van der Waals surface area (Å²) < 4.78 is 32.1. The number of furan rings is 1. The summed E-state index contributed by atoms with van der Waals surface area (Å²) in [5, 5.41) is 2.69. The van der Waals surface area contributed by atoms with Gasteiger partial charge in [-0.1, -0.05) is 0 Å². The molecule has 1 aromatic heterocycles. The van der Waals surface area contributed by atoms with Crippen molar-refractivity contribution in [1.29, 1.82) is 0 Å². The quantitative estimate of drug-likeness (QED) is 0.775. The van der Waals surface area contributed by atoms with E-state index < -0.39 is 16.1 Å². The van der Waals surface area contributed by atoms with Crippen LogP contribution in [0.1, 0.15) is 31.4 Å². The second-order valence-electron chi connectivity index (χ2n) is 6.82. The van der Waals surface area contributed by atoms with Crippen molar-refractivity contribution in [3.8, 4) is 0 Å². The molecule has 0 unspecified atom stereocenters. The lowest BCUT2D eigenvalue weighted by Crippen LogP contribution is -2.41. The minimum Gasteiger partial charge on any atom is -0.447 e. The highest BCUT2D eigenvalue weighted by molar-refractivity contribution is 7.89. The van der Waals surface area contributed by atoms with Crippen LogP contribution in [0.15, 0.2) is 21.6 Å². The van der Waals surface area contributed by atoms with Crippen molar-refractivity contribution in [2.24, 2.45) is 11.7 Å². The van der Waals surface area contributed by atoms with Crippen LogP contribution in [0.3, 0.4) is 0 Å². The van der Waals surface area contributed by atoms with Crippen molar-refractivity contribution in [2.45, 2.75) is 37.3 Å². The number of carbonyl (C=O) groups is 1. The third-order valence-corrected chi connectivity index (χ3v) is 6.62. The van der Waals surface area contributed by atoms with Crippen LogP contribution in [-0.4, -0.2) is 56.4 Å². The van der Waals surface area contributed by atoms with Gasteiger partial charge in [0.15, 0.2) is 0 Å². The highest BCUT2D eigenvalue weighted by atomic mass is 32.2. The van der Waals surface area contributed by atoms with Gasteiger partial charge in [-0.2, -0.15) is 4.31 Å². The van der Waals surface area contributed by atoms with Crippen molar-refractivity contribution >= 4 is 16.1 Å². The number of sulfonamides is 1. The maximum atomic E-state index is 12.5. The van der Waals surface area contributed by atoms with Gasteiger partial charge in [0, 0.05) is 26.2 Å². The summed E-state index contributed by atoms with van der Waals surface area (Å²) in [6.45, 7) is 4.04. The van der Waals surface area contributed by atoms with E-state index in [0.717, 1.165) is 38.8 Å². The molecule has 3 rings (SSSR count). The topological polar surface area (TPSA) is 109 Å². The predicted molar refractivity (Wildman–Crippen MR) is 92.3 cm³/mol. The number of primary amides is 1. The fourth-order valence-corrected chi connectivity index (χ4v) is 5.01. The summed E-state index contributed by atoms with van der Waals surface area (Å²) in [6.07, 6.45) is 3.89. The highest BCUT2D eigenvalue weighted by Crippen LogP contribution is 2.24. The van der Waals surface area contributed by atoms with Crippen LogP contribution in [-0.2, 0) is 16.6 Å². The van der Waals surface area contributed by atoms with Gasteiger partial charge in [-0.25, -0.2) is 13.2 Å². The molecule has 25 heavy (non-hydrogen) atoms. The van der Waals surface area contributed by atoms with Gasteiger partial charge in [0.2, 0.25) is 5.09 Å². The minimum atomic E-state index is -3.50. The summed E-state index contributed by atoms with van der Waals surface area (Å²) in [7, 11) is -3.50. The largest absolute Gasteiger partial charge is 0.447 e. The first-order chi connectivity index (χ1) is 11.9. The van der Waals surface area contributed by atoms with Gasteiger partial charge in [-0.05, 0) is 50.3 Å². The molecule has 0 bridgehead atoms. The molecule has 2 aliphatic heterocycles. The fraction of sp³-hybridized carbons (Fsp3) is 0.688. The molecule has 8 nitrogen and oxygen atoms in total. The number of rotatable bonds is 6. The van der Waals surface area contributed by atoms with Crippen molar-refractivity contribution < 1.29 is 17.6 Å². The monoisotopic (exact) mass is 370 g/mol. The van der Waals surface area contributed by atoms with E-state index >= 15 is 0 Å². The summed E-state index contributed by atoms with van der Waals surface area (Å²) in [5.41, 5.74) is 5.12. The molecule has 2 amide bonds. The molecule has 0 saturated carbocycles. The fourth-order valence-electron chi connectivity index (χ4n) is 3.56.